The highest BCUT2D eigenvalue weighted by Gasteiger charge is 2.27. The van der Waals surface area contributed by atoms with E-state index in [9.17, 15) is 37.5 Å². The lowest BCUT2D eigenvalue weighted by atomic mass is 9.92. The van der Waals surface area contributed by atoms with Crippen molar-refractivity contribution >= 4 is 17.8 Å². The Bertz CT molecular complexity index is 1550. The molecule has 1 aromatic heterocycles. The van der Waals surface area contributed by atoms with Crippen molar-refractivity contribution in [3.8, 4) is 11.1 Å². The smallest absolute Gasteiger partial charge is 0.321 e. The number of carbonyl (C=O) groups is 3. The average Bonchev–Trinajstić information content (AvgIpc) is 2.89. The summed E-state index contributed by atoms with van der Waals surface area (Å²) in [6.07, 6.45) is -0.125. The van der Waals surface area contributed by atoms with Gasteiger partial charge < -0.3 is 15.7 Å². The second kappa shape index (κ2) is 14.1. The molecular weight excluding hydrogens is 570 g/mol. The fourth-order valence-corrected chi connectivity index (χ4v) is 5.03. The van der Waals surface area contributed by atoms with Crippen molar-refractivity contribution in [3.63, 3.8) is 0 Å². The van der Waals surface area contributed by atoms with Crippen molar-refractivity contribution in [1.82, 2.24) is 15.2 Å². The highest BCUT2D eigenvalue weighted by molar-refractivity contribution is 5.94. The first kappa shape index (κ1) is 33.0. The lowest BCUT2D eigenvalue weighted by Crippen LogP contribution is -2.43. The quantitative estimate of drug-likeness (QED) is 0.231. The van der Waals surface area contributed by atoms with Crippen LogP contribution in [-0.2, 0) is 9.59 Å². The maximum atomic E-state index is 15.1. The summed E-state index contributed by atoms with van der Waals surface area (Å²) < 4.78 is 56.3. The minimum Gasteiger partial charge on any atom is -0.481 e. The van der Waals surface area contributed by atoms with Crippen molar-refractivity contribution in [2.24, 2.45) is 5.92 Å². The maximum Gasteiger partial charge on any atom is 0.321 e. The molecule has 8 nitrogen and oxygen atoms in total. The van der Waals surface area contributed by atoms with Crippen LogP contribution in [0.3, 0.4) is 0 Å². The Labute approximate surface area is 245 Å². The number of hydrogen-bond donors (Lipinski definition) is 3. The van der Waals surface area contributed by atoms with Gasteiger partial charge in [0.2, 0.25) is 5.91 Å². The van der Waals surface area contributed by atoms with E-state index < -0.39 is 72.0 Å². The van der Waals surface area contributed by atoms with E-state index >= 15 is 4.39 Å². The number of nitrogens with zero attached hydrogens (tertiary/aromatic N) is 1. The van der Waals surface area contributed by atoms with E-state index in [1.54, 1.807) is 45.9 Å². The minimum absolute atomic E-state index is 0.0676. The van der Waals surface area contributed by atoms with Crippen LogP contribution in [0, 0.1) is 31.4 Å². The number of aliphatic carboxylic acids is 1. The van der Waals surface area contributed by atoms with Gasteiger partial charge in [0.25, 0.3) is 11.5 Å². The predicted octanol–water partition coefficient (Wildman–Crippen LogP) is 5.67. The third-order valence-electron chi connectivity index (χ3n) is 6.87. The first-order chi connectivity index (χ1) is 20.2. The Balaban J connectivity index is 1.90. The molecule has 230 valence electrons. The molecule has 0 bridgehead atoms. The molecule has 2 aromatic carbocycles. The van der Waals surface area contributed by atoms with E-state index in [1.807, 2.05) is 0 Å². The number of hydrogen-bond acceptors (Lipinski definition) is 4. The van der Waals surface area contributed by atoms with Gasteiger partial charge in [-0.1, -0.05) is 32.0 Å². The number of halogens is 4. The molecule has 0 unspecified atom stereocenters. The Kier molecular flexibility index (Phi) is 10.8. The Hall–Kier alpha value is -4.48. The second-order valence-electron chi connectivity index (χ2n) is 10.8. The van der Waals surface area contributed by atoms with E-state index in [2.05, 4.69) is 10.6 Å². The van der Waals surface area contributed by atoms with Crippen molar-refractivity contribution in [3.05, 3.63) is 92.9 Å². The van der Waals surface area contributed by atoms with Crippen molar-refractivity contribution in [2.75, 3.05) is 0 Å². The molecule has 0 aliphatic heterocycles. The normalized spacial score (nSPS) is 12.7. The number of aryl methyl sites for hydroxylation is 2. The number of alkyl halides is 2. The number of aromatic nitrogens is 1. The summed E-state index contributed by atoms with van der Waals surface area (Å²) in [6.45, 7) is 4.02. The van der Waals surface area contributed by atoms with Crippen LogP contribution in [0.5, 0.6) is 0 Å². The minimum atomic E-state index is -3.16. The van der Waals surface area contributed by atoms with Gasteiger partial charge in [-0.05, 0) is 72.7 Å². The van der Waals surface area contributed by atoms with Crippen molar-refractivity contribution in [2.45, 2.75) is 65.6 Å². The van der Waals surface area contributed by atoms with E-state index in [0.29, 0.717) is 11.1 Å². The molecular formula is C31H33F4N3O5. The number of pyridine rings is 1. The Morgan fingerprint density at radius 3 is 2.19 bits per heavy atom. The van der Waals surface area contributed by atoms with Crippen LogP contribution in [0.1, 0.15) is 72.7 Å². The highest BCUT2D eigenvalue weighted by Crippen LogP contribution is 2.33. The number of amides is 2. The van der Waals surface area contributed by atoms with Gasteiger partial charge in [0.1, 0.15) is 5.56 Å². The molecule has 0 spiro atoms. The van der Waals surface area contributed by atoms with Crippen LogP contribution < -0.4 is 16.2 Å². The fourth-order valence-electron chi connectivity index (χ4n) is 5.03. The summed E-state index contributed by atoms with van der Waals surface area (Å²) in [7, 11) is 0. The molecule has 2 atom stereocenters. The number of rotatable bonds is 12. The Morgan fingerprint density at radius 1 is 0.953 bits per heavy atom. The lowest BCUT2D eigenvalue weighted by Gasteiger charge is -2.24. The summed E-state index contributed by atoms with van der Waals surface area (Å²) in [5.41, 5.74) is 0.358. The number of carbonyl (C=O) groups excluding carboxylic acids is 2. The SMILES string of the molecule is Cc1cccc(C)c1-c1cc(F)c(F)c([C@H](CC(=O)O)NC(=O)C[C@H](CC(C)C)NC(=O)c2cccn(C(F)F)c2=O)c1. The van der Waals surface area contributed by atoms with Crippen LogP contribution in [0.2, 0.25) is 0 Å². The molecule has 43 heavy (non-hydrogen) atoms. The van der Waals surface area contributed by atoms with Crippen LogP contribution in [0.25, 0.3) is 11.1 Å². The summed E-state index contributed by atoms with van der Waals surface area (Å²) in [5.74, 6) is -5.74. The average molecular weight is 604 g/mol. The van der Waals surface area contributed by atoms with Gasteiger partial charge in [0.15, 0.2) is 11.6 Å². The molecule has 3 aromatic rings. The summed E-state index contributed by atoms with van der Waals surface area (Å²) in [5, 5.41) is 14.5. The molecule has 1 heterocycles. The number of carboxylic acids is 1. The number of carboxylic acid groups (broad SMARTS) is 1. The number of benzene rings is 2. The molecule has 0 aliphatic carbocycles. The molecule has 3 rings (SSSR count). The molecule has 3 N–H and O–H groups in total. The predicted molar refractivity (Wildman–Crippen MR) is 152 cm³/mol. The summed E-state index contributed by atoms with van der Waals surface area (Å²) in [6, 6.07) is 7.53. The molecule has 0 aliphatic rings. The standard InChI is InChI=1S/C31H33F4N3O5/c1-16(2)11-20(36-29(42)21-9-6-10-38(30(21)43)31(34)35)14-25(39)37-24(15-26(40)41)22-12-19(13-23(32)28(22)33)27-17(3)7-5-8-18(27)4/h5-10,12-13,16,20,24,31H,11,14-15H2,1-4H3,(H,36,42)(H,37,39)(H,40,41)/t20-,24-/m0/s1. The van der Waals surface area contributed by atoms with Crippen LogP contribution in [0.15, 0.2) is 53.5 Å². The third-order valence-corrected chi connectivity index (χ3v) is 6.87. The third kappa shape index (κ3) is 8.30. The fraction of sp³-hybridized carbons (Fsp3) is 0.355. The molecule has 0 saturated heterocycles. The van der Waals surface area contributed by atoms with E-state index in [4.69, 9.17) is 0 Å². The zero-order chi connectivity index (χ0) is 32.0. The number of nitrogens with one attached hydrogen (secondary N) is 2. The molecule has 0 radical (unpaired) electrons. The zero-order valence-electron chi connectivity index (χ0n) is 24.1. The molecule has 0 fully saturated rings. The van der Waals surface area contributed by atoms with Gasteiger partial charge in [-0.15, -0.1) is 0 Å². The van der Waals surface area contributed by atoms with Gasteiger partial charge >= 0.3 is 12.5 Å². The van der Waals surface area contributed by atoms with Gasteiger partial charge in [-0.25, -0.2) is 8.78 Å². The van der Waals surface area contributed by atoms with E-state index in [1.165, 1.54) is 6.07 Å². The first-order valence-electron chi connectivity index (χ1n) is 13.6. The largest absolute Gasteiger partial charge is 0.481 e. The monoisotopic (exact) mass is 603 g/mol. The van der Waals surface area contributed by atoms with Gasteiger partial charge in [-0.2, -0.15) is 8.78 Å². The summed E-state index contributed by atoms with van der Waals surface area (Å²) >= 11 is 0. The van der Waals surface area contributed by atoms with Crippen molar-refractivity contribution in [1.29, 1.82) is 0 Å². The van der Waals surface area contributed by atoms with Gasteiger partial charge in [0, 0.05) is 24.2 Å². The topological polar surface area (TPSA) is 118 Å². The van der Waals surface area contributed by atoms with Gasteiger partial charge in [-0.3, -0.25) is 23.7 Å². The van der Waals surface area contributed by atoms with Crippen molar-refractivity contribution < 1.29 is 37.1 Å². The van der Waals surface area contributed by atoms with E-state index in [0.717, 1.165) is 35.5 Å². The highest BCUT2D eigenvalue weighted by atomic mass is 19.3. The zero-order valence-corrected chi connectivity index (χ0v) is 24.1. The van der Waals surface area contributed by atoms with Crippen LogP contribution in [-0.4, -0.2) is 33.5 Å². The maximum absolute atomic E-state index is 15.1. The second-order valence-corrected chi connectivity index (χ2v) is 10.8. The first-order valence-corrected chi connectivity index (χ1v) is 13.6. The molecule has 2 amide bonds. The molecule has 0 saturated carbocycles. The van der Waals surface area contributed by atoms with E-state index in [-0.39, 0.29) is 22.5 Å². The van der Waals surface area contributed by atoms with Crippen LogP contribution >= 0.6 is 0 Å². The van der Waals surface area contributed by atoms with Gasteiger partial charge in [0.05, 0.1) is 12.5 Å². The summed E-state index contributed by atoms with van der Waals surface area (Å²) in [4.78, 5) is 50.0. The molecule has 12 heteroatoms. The lowest BCUT2D eigenvalue weighted by molar-refractivity contribution is -0.137. The Morgan fingerprint density at radius 2 is 1.60 bits per heavy atom. The van der Waals surface area contributed by atoms with Crippen LogP contribution in [0.4, 0.5) is 17.6 Å².